The maximum Gasteiger partial charge on any atom is 0.678 e. The fourth-order valence-electron chi connectivity index (χ4n) is 4.78. The van der Waals surface area contributed by atoms with E-state index >= 15 is 0 Å². The van der Waals surface area contributed by atoms with Crippen LogP contribution in [-0.2, 0) is 76.9 Å². The predicted molar refractivity (Wildman–Crippen MR) is 239 cm³/mol. The van der Waals surface area contributed by atoms with Crippen LogP contribution in [0.4, 0.5) is 0 Å². The minimum atomic E-state index is -2.69. The topological polar surface area (TPSA) is 148 Å². The van der Waals surface area contributed by atoms with Crippen LogP contribution in [0, 0.1) is 13.8 Å². The van der Waals surface area contributed by atoms with Gasteiger partial charge < -0.3 is 70.8 Å². The van der Waals surface area contributed by atoms with E-state index in [1.54, 1.807) is 85.3 Å². The van der Waals surface area contributed by atoms with Crippen molar-refractivity contribution in [2.24, 2.45) is 0 Å². The van der Waals surface area contributed by atoms with Crippen LogP contribution in [0.5, 0.6) is 0 Å². The van der Waals surface area contributed by atoms with Crippen molar-refractivity contribution in [2.45, 2.75) is 26.4 Å². The molecule has 0 amide bonds. The Morgan fingerprint density at radius 3 is 0.881 bits per heavy atom. The monoisotopic (exact) mass is 924 g/mol. The Morgan fingerprint density at radius 2 is 0.644 bits per heavy atom. The maximum absolute atomic E-state index is 5.36. The average Bonchev–Trinajstić information content (AvgIpc) is 3.30. The molecule has 0 aliphatic carbocycles. The van der Waals surface area contributed by atoms with Gasteiger partial charge in [0.15, 0.2) is 0 Å². The number of benzene rings is 3. The zero-order valence-corrected chi connectivity index (χ0v) is 43.7. The van der Waals surface area contributed by atoms with Crippen LogP contribution in [0.25, 0.3) is 0 Å². The zero-order chi connectivity index (χ0) is 45.6. The molecule has 0 heterocycles. The highest BCUT2D eigenvalue weighted by atomic mass is 28.4. The fraction of sp³-hybridized carbons (Fsp3) is 0.526. The summed E-state index contributed by atoms with van der Waals surface area (Å²) in [6.07, 6.45) is 0. The van der Waals surface area contributed by atoms with E-state index in [-0.39, 0.29) is 0 Å². The molecule has 16 nitrogen and oxygen atoms in total. The van der Waals surface area contributed by atoms with Gasteiger partial charge in [0.2, 0.25) is 0 Å². The number of aryl methyl sites for hydroxylation is 2. The normalized spacial score (nSPS) is 11.8. The summed E-state index contributed by atoms with van der Waals surface area (Å²) in [7, 11) is 12.7. The summed E-state index contributed by atoms with van der Waals surface area (Å²) in [5.74, 6) is 0. The highest BCUT2D eigenvalue weighted by molar-refractivity contribution is 6.75. The van der Waals surface area contributed by atoms with Crippen molar-refractivity contribution in [3.8, 4) is 0 Å². The Hall–Kier alpha value is -1.90. The Bertz CT molecular complexity index is 1380. The number of rotatable bonds is 20. The van der Waals surface area contributed by atoms with Crippen LogP contribution in [0.3, 0.4) is 0 Å². The van der Waals surface area contributed by atoms with Gasteiger partial charge in [-0.05, 0) is 19.4 Å². The van der Waals surface area contributed by atoms with Gasteiger partial charge in [-0.3, -0.25) is 0 Å². The molecular formula is C38H72O16Si5. The molecule has 0 bridgehead atoms. The lowest BCUT2D eigenvalue weighted by Crippen LogP contribution is -2.54. The van der Waals surface area contributed by atoms with Gasteiger partial charge in [0.25, 0.3) is 0 Å². The summed E-state index contributed by atoms with van der Waals surface area (Å²) in [6, 6.07) is 26.7. The van der Waals surface area contributed by atoms with Crippen molar-refractivity contribution in [1.29, 1.82) is 0 Å². The highest BCUT2D eigenvalue weighted by Gasteiger charge is 2.42. The fourth-order valence-corrected chi connectivity index (χ4v) is 11.5. The first-order chi connectivity index (χ1) is 28.0. The van der Waals surface area contributed by atoms with Gasteiger partial charge in [0.1, 0.15) is 0 Å². The summed E-state index contributed by atoms with van der Waals surface area (Å²) in [5.41, 5.74) is 3.64. The number of hydrogen-bond acceptors (Lipinski definition) is 16. The van der Waals surface area contributed by atoms with Gasteiger partial charge in [-0.15, -0.1) is 0 Å². The molecule has 0 aromatic heterocycles. The van der Waals surface area contributed by atoms with Crippen LogP contribution < -0.4 is 10.4 Å². The highest BCUT2D eigenvalue weighted by Crippen LogP contribution is 2.15. The summed E-state index contributed by atoms with van der Waals surface area (Å²) in [6.45, 7) is 5.93. The van der Waals surface area contributed by atoms with Crippen LogP contribution in [-0.4, -0.2) is 158 Å². The molecular weight excluding hydrogens is 853 g/mol. The van der Waals surface area contributed by atoms with Crippen LogP contribution >= 0.6 is 0 Å². The Morgan fingerprint density at radius 1 is 0.339 bits per heavy atom. The second-order valence-electron chi connectivity index (χ2n) is 11.8. The first-order valence-corrected chi connectivity index (χ1v) is 27.3. The van der Waals surface area contributed by atoms with E-state index in [1.807, 2.05) is 68.1 Å². The van der Waals surface area contributed by atoms with Gasteiger partial charge in [0.05, 0.1) is 0 Å². The van der Waals surface area contributed by atoms with Crippen LogP contribution in [0.1, 0.15) is 16.7 Å². The smallest absolute Gasteiger partial charge is 0.377 e. The molecule has 0 aliphatic rings. The van der Waals surface area contributed by atoms with Gasteiger partial charge in [-0.2, -0.15) is 0 Å². The first kappa shape index (κ1) is 59.2. The van der Waals surface area contributed by atoms with Gasteiger partial charge in [-0.25, -0.2) is 0 Å². The van der Waals surface area contributed by atoms with E-state index in [4.69, 9.17) is 70.8 Å². The van der Waals surface area contributed by atoms with E-state index in [9.17, 15) is 0 Å². The molecule has 0 saturated heterocycles. The van der Waals surface area contributed by atoms with Gasteiger partial charge in [-0.1, -0.05) is 90.0 Å². The molecule has 0 spiro atoms. The van der Waals surface area contributed by atoms with E-state index in [2.05, 4.69) is 31.2 Å². The van der Waals surface area contributed by atoms with Crippen molar-refractivity contribution in [1.82, 2.24) is 0 Å². The lowest BCUT2D eigenvalue weighted by atomic mass is 10.2. The maximum atomic E-state index is 5.36. The molecule has 3 aromatic rings. The van der Waals surface area contributed by atoms with Gasteiger partial charge >= 0.3 is 44.3 Å². The molecule has 0 fully saturated rings. The summed E-state index contributed by atoms with van der Waals surface area (Å²) < 4.78 is 82.3. The minimum Gasteiger partial charge on any atom is -0.377 e. The second-order valence-corrected chi connectivity index (χ2v) is 26.2. The SMILES string of the molecule is CO[Si](C)(OC)OC.CO[Si](Cc1ccc(C)cc1)(OC)OC.CO[Si](OC)(OC)OC.CO[Si](OC)(OC)c1ccc(C)cc1.CO[Si](OC)(OC)c1ccccc1. The van der Waals surface area contributed by atoms with E-state index in [1.165, 1.54) is 45.1 Å². The van der Waals surface area contributed by atoms with Crippen molar-refractivity contribution in [3.63, 3.8) is 0 Å². The Kier molecular flexibility index (Phi) is 32.0. The molecule has 3 aromatic carbocycles. The molecule has 21 heteroatoms. The summed E-state index contributed by atoms with van der Waals surface area (Å²) in [4.78, 5) is 0. The predicted octanol–water partition coefficient (Wildman–Crippen LogP) is 4.31. The van der Waals surface area contributed by atoms with Crippen molar-refractivity contribution < 1.29 is 70.8 Å². The lowest BCUT2D eigenvalue weighted by Gasteiger charge is -2.24. The van der Waals surface area contributed by atoms with Crippen LogP contribution in [0.2, 0.25) is 6.55 Å². The largest absolute Gasteiger partial charge is 0.678 e. The third-order valence-corrected chi connectivity index (χ3v) is 21.0. The molecule has 0 atom stereocenters. The third-order valence-electron chi connectivity index (χ3n) is 8.73. The minimum absolute atomic E-state index is 0.705. The molecule has 0 radical (unpaired) electrons. The molecule has 0 saturated carbocycles. The van der Waals surface area contributed by atoms with Crippen molar-refractivity contribution >= 4 is 54.6 Å². The Labute approximate surface area is 360 Å². The van der Waals surface area contributed by atoms with E-state index in [0.29, 0.717) is 6.04 Å². The average molecular weight is 925 g/mol. The molecule has 0 aliphatic heterocycles. The zero-order valence-electron chi connectivity index (χ0n) is 38.7. The molecule has 0 unspecified atom stereocenters. The van der Waals surface area contributed by atoms with E-state index in [0.717, 1.165) is 10.4 Å². The number of hydrogen-bond donors (Lipinski definition) is 0. The lowest BCUT2D eigenvalue weighted by molar-refractivity contribution is 0.0225. The molecule has 3 rings (SSSR count). The second kappa shape index (κ2) is 31.9. The first-order valence-electron chi connectivity index (χ1n) is 18.1. The van der Waals surface area contributed by atoms with Crippen LogP contribution in [0.15, 0.2) is 78.9 Å². The molecule has 59 heavy (non-hydrogen) atoms. The van der Waals surface area contributed by atoms with E-state index < -0.39 is 44.3 Å². The molecule has 0 N–H and O–H groups in total. The Balaban J connectivity index is 0. The van der Waals surface area contributed by atoms with Gasteiger partial charge in [0, 0.05) is 137 Å². The third kappa shape index (κ3) is 19.8. The van der Waals surface area contributed by atoms with Crippen molar-refractivity contribution in [2.75, 3.05) is 114 Å². The standard InChI is InChI=1S/C11H18O3Si.C10H16O3Si.C9H14O3Si.C4H12O4Si.C4H12O3Si/c1-10-5-7-11(8-6-10)9-15(12-2,13-3)14-4;1-9-5-7-10(8-6-9)14(11-2,12-3)13-4;1-10-13(11-2,12-3)9-7-5-4-6-8-9;1-5-9(6-2,7-3)8-4;1-5-8(4,6-2)7-3/h5-8H,9H2,1-4H3;5-8H,1-4H3;4-8H,1-3H3;1-4H3;1-4H3. The summed E-state index contributed by atoms with van der Waals surface area (Å²) >= 11 is 0. The quantitative estimate of drug-likeness (QED) is 0.148. The summed E-state index contributed by atoms with van der Waals surface area (Å²) in [5, 5.41) is 1.96. The van der Waals surface area contributed by atoms with Crippen molar-refractivity contribution in [3.05, 3.63) is 95.6 Å². The molecule has 340 valence electrons.